The van der Waals surface area contributed by atoms with Gasteiger partial charge in [-0.3, -0.25) is 10.8 Å². The molecule has 2 aliphatic rings. The van der Waals surface area contributed by atoms with E-state index in [1.807, 2.05) is 60.7 Å². The number of rotatable bonds is 6. The summed E-state index contributed by atoms with van der Waals surface area (Å²) in [4.78, 5) is 0. The van der Waals surface area contributed by atoms with E-state index >= 15 is 0 Å². The van der Waals surface area contributed by atoms with E-state index in [0.717, 1.165) is 59.5 Å². The molecule has 2 aliphatic carbocycles. The summed E-state index contributed by atoms with van der Waals surface area (Å²) in [5.41, 5.74) is 3.82. The second kappa shape index (κ2) is 10.9. The Hall–Kier alpha value is -3.34. The summed E-state index contributed by atoms with van der Waals surface area (Å²) >= 11 is 0. The van der Waals surface area contributed by atoms with Crippen molar-refractivity contribution in [3.8, 4) is 22.6 Å². The van der Waals surface area contributed by atoms with Crippen LogP contribution in [0.3, 0.4) is 0 Å². The van der Waals surface area contributed by atoms with Crippen LogP contribution in [0.2, 0.25) is 0 Å². The highest BCUT2D eigenvalue weighted by Crippen LogP contribution is 2.29. The first kappa shape index (κ1) is 23.4. The molecule has 35 heavy (non-hydrogen) atoms. The molecule has 5 rings (SSSR count). The molecule has 2 saturated carbocycles. The van der Waals surface area contributed by atoms with E-state index in [1.54, 1.807) is 0 Å². The molecular weight excluding hydrogens is 432 g/mol. The standard InChI is InChI=1S/C30H36N4O/c31-29(33-25-7-3-1-4-8-25)23-15-11-21(12-16-23)27-19-20-28(35-27)22-13-17-24(18-14-22)30(32)34-26-9-5-2-6-10-26/h11-20,25-26H,1-10H2,(H2,31,33)(H2,32,34). The number of amidine groups is 2. The van der Waals surface area contributed by atoms with Gasteiger partial charge in [0.05, 0.1) is 0 Å². The van der Waals surface area contributed by atoms with Crippen LogP contribution in [-0.4, -0.2) is 23.8 Å². The molecule has 0 amide bonds. The lowest BCUT2D eigenvalue weighted by Crippen LogP contribution is -2.36. The summed E-state index contributed by atoms with van der Waals surface area (Å²) in [6.45, 7) is 0. The molecule has 2 aromatic carbocycles. The molecule has 5 heteroatoms. The molecule has 0 bridgehead atoms. The van der Waals surface area contributed by atoms with E-state index in [-0.39, 0.29) is 0 Å². The predicted molar refractivity (Wildman–Crippen MR) is 143 cm³/mol. The second-order valence-electron chi connectivity index (χ2n) is 10.0. The number of benzene rings is 2. The summed E-state index contributed by atoms with van der Waals surface area (Å²) in [7, 11) is 0. The summed E-state index contributed by atoms with van der Waals surface area (Å²) in [5, 5.41) is 23.6. The zero-order valence-corrected chi connectivity index (χ0v) is 20.4. The summed E-state index contributed by atoms with van der Waals surface area (Å²) < 4.78 is 6.16. The fourth-order valence-corrected chi connectivity index (χ4v) is 5.32. The van der Waals surface area contributed by atoms with Crippen LogP contribution >= 0.6 is 0 Å². The average molecular weight is 469 g/mol. The monoisotopic (exact) mass is 468 g/mol. The molecule has 4 N–H and O–H groups in total. The molecule has 0 atom stereocenters. The van der Waals surface area contributed by atoms with Crippen molar-refractivity contribution in [1.82, 2.24) is 10.6 Å². The molecule has 0 saturated heterocycles. The first-order valence-electron chi connectivity index (χ1n) is 13.2. The highest BCUT2D eigenvalue weighted by molar-refractivity contribution is 5.97. The molecule has 0 aliphatic heterocycles. The largest absolute Gasteiger partial charge is 0.456 e. The molecule has 0 spiro atoms. The lowest BCUT2D eigenvalue weighted by molar-refractivity contribution is 0.413. The Morgan fingerprint density at radius 1 is 0.543 bits per heavy atom. The van der Waals surface area contributed by atoms with Crippen LogP contribution in [0.4, 0.5) is 0 Å². The normalized spacial score (nSPS) is 17.1. The van der Waals surface area contributed by atoms with Gasteiger partial charge in [-0.1, -0.05) is 87.1 Å². The molecule has 5 nitrogen and oxygen atoms in total. The molecule has 1 aromatic heterocycles. The van der Waals surface area contributed by atoms with Gasteiger partial charge in [0.1, 0.15) is 23.2 Å². The SMILES string of the molecule is N=C(NC1CCCCC1)c1ccc(-c2ccc(-c3ccc(C(=N)NC4CCCCC4)cc3)o2)cc1. The molecule has 1 heterocycles. The third kappa shape index (κ3) is 5.84. The van der Waals surface area contributed by atoms with Gasteiger partial charge in [0.25, 0.3) is 0 Å². The van der Waals surface area contributed by atoms with Crippen molar-refractivity contribution < 1.29 is 4.42 Å². The van der Waals surface area contributed by atoms with Gasteiger partial charge in [-0.05, 0) is 37.8 Å². The zero-order valence-electron chi connectivity index (χ0n) is 20.4. The van der Waals surface area contributed by atoms with Crippen molar-refractivity contribution in [2.75, 3.05) is 0 Å². The quantitative estimate of drug-likeness (QED) is 0.230. The van der Waals surface area contributed by atoms with E-state index < -0.39 is 0 Å². The number of furan rings is 1. The van der Waals surface area contributed by atoms with Crippen molar-refractivity contribution in [1.29, 1.82) is 10.8 Å². The maximum absolute atomic E-state index is 8.42. The number of hydrogen-bond donors (Lipinski definition) is 4. The van der Waals surface area contributed by atoms with Gasteiger partial charge in [-0.15, -0.1) is 0 Å². The Bertz CT molecular complexity index is 1040. The molecular formula is C30H36N4O. The van der Waals surface area contributed by atoms with E-state index in [0.29, 0.717) is 23.8 Å². The van der Waals surface area contributed by atoms with E-state index in [1.165, 1.54) is 38.5 Å². The highest BCUT2D eigenvalue weighted by atomic mass is 16.3. The lowest BCUT2D eigenvalue weighted by atomic mass is 9.95. The van der Waals surface area contributed by atoms with Gasteiger partial charge in [-0.2, -0.15) is 0 Å². The van der Waals surface area contributed by atoms with Gasteiger partial charge < -0.3 is 15.1 Å². The Morgan fingerprint density at radius 3 is 1.29 bits per heavy atom. The van der Waals surface area contributed by atoms with Crippen molar-refractivity contribution >= 4 is 11.7 Å². The van der Waals surface area contributed by atoms with Gasteiger partial charge in [0.2, 0.25) is 0 Å². The van der Waals surface area contributed by atoms with Gasteiger partial charge >= 0.3 is 0 Å². The zero-order chi connectivity index (χ0) is 24.0. The van der Waals surface area contributed by atoms with Gasteiger partial charge in [0, 0.05) is 34.3 Å². The Kier molecular flexibility index (Phi) is 7.31. The summed E-state index contributed by atoms with van der Waals surface area (Å²) in [5.74, 6) is 2.64. The highest BCUT2D eigenvalue weighted by Gasteiger charge is 2.16. The minimum Gasteiger partial charge on any atom is -0.456 e. The van der Waals surface area contributed by atoms with Crippen molar-refractivity contribution in [2.24, 2.45) is 0 Å². The van der Waals surface area contributed by atoms with E-state index in [2.05, 4.69) is 10.6 Å². The molecule has 0 unspecified atom stereocenters. The summed E-state index contributed by atoms with van der Waals surface area (Å²) in [6, 6.07) is 20.9. The predicted octanol–water partition coefficient (Wildman–Crippen LogP) is 7.11. The number of nitrogens with one attached hydrogen (secondary N) is 4. The van der Waals surface area contributed by atoms with Crippen LogP contribution in [-0.2, 0) is 0 Å². The van der Waals surface area contributed by atoms with Crippen molar-refractivity contribution in [2.45, 2.75) is 76.3 Å². The maximum Gasteiger partial charge on any atom is 0.134 e. The molecule has 3 aromatic rings. The third-order valence-electron chi connectivity index (χ3n) is 7.43. The number of hydrogen-bond acceptors (Lipinski definition) is 3. The average Bonchev–Trinajstić information content (AvgIpc) is 3.40. The Balaban J connectivity index is 1.20. The van der Waals surface area contributed by atoms with Gasteiger partial charge in [-0.25, -0.2) is 0 Å². The second-order valence-corrected chi connectivity index (χ2v) is 10.0. The first-order valence-corrected chi connectivity index (χ1v) is 13.2. The topological polar surface area (TPSA) is 84.9 Å². The van der Waals surface area contributed by atoms with Gasteiger partial charge in [0.15, 0.2) is 0 Å². The summed E-state index contributed by atoms with van der Waals surface area (Å²) in [6.07, 6.45) is 12.3. The fourth-order valence-electron chi connectivity index (χ4n) is 5.32. The smallest absolute Gasteiger partial charge is 0.134 e. The molecule has 2 fully saturated rings. The lowest BCUT2D eigenvalue weighted by Gasteiger charge is -2.24. The van der Waals surface area contributed by atoms with Crippen molar-refractivity contribution in [3.63, 3.8) is 0 Å². The molecule has 182 valence electrons. The first-order chi connectivity index (χ1) is 17.2. The van der Waals surface area contributed by atoms with E-state index in [4.69, 9.17) is 15.2 Å². The minimum atomic E-state index is 0.432. The Morgan fingerprint density at radius 2 is 0.914 bits per heavy atom. The maximum atomic E-state index is 8.42. The minimum absolute atomic E-state index is 0.432. The Labute approximate surface area is 208 Å². The fraction of sp³-hybridized carbons (Fsp3) is 0.400. The van der Waals surface area contributed by atoms with Crippen LogP contribution in [0.5, 0.6) is 0 Å². The van der Waals surface area contributed by atoms with Crippen LogP contribution in [0.1, 0.15) is 75.3 Å². The van der Waals surface area contributed by atoms with Crippen LogP contribution in [0.15, 0.2) is 65.1 Å². The van der Waals surface area contributed by atoms with E-state index in [9.17, 15) is 0 Å². The van der Waals surface area contributed by atoms with Crippen molar-refractivity contribution in [3.05, 3.63) is 71.8 Å². The van der Waals surface area contributed by atoms with Crippen LogP contribution in [0.25, 0.3) is 22.6 Å². The third-order valence-corrected chi connectivity index (χ3v) is 7.43. The molecule has 0 radical (unpaired) electrons. The van der Waals surface area contributed by atoms with Crippen LogP contribution in [0, 0.1) is 10.8 Å². The van der Waals surface area contributed by atoms with Crippen LogP contribution < -0.4 is 10.6 Å².